The van der Waals surface area contributed by atoms with Gasteiger partial charge in [-0.3, -0.25) is 9.89 Å². The number of hydrogen-bond acceptors (Lipinski definition) is 2. The predicted molar refractivity (Wildman–Crippen MR) is 45.7 cm³/mol. The molecule has 12 heavy (non-hydrogen) atoms. The van der Waals surface area contributed by atoms with Gasteiger partial charge >= 0.3 is 0 Å². The lowest BCUT2D eigenvalue weighted by atomic mass is 10.4. The van der Waals surface area contributed by atoms with E-state index in [4.69, 9.17) is 0 Å². The highest BCUT2D eigenvalue weighted by molar-refractivity contribution is 5.92. The van der Waals surface area contributed by atoms with Crippen molar-refractivity contribution < 1.29 is 4.79 Å². The molecule has 0 saturated carbocycles. The Balaban J connectivity index is 2.65. The summed E-state index contributed by atoms with van der Waals surface area (Å²) in [6, 6.07) is 1.64. The predicted octanol–water partition coefficient (Wildman–Crippen LogP) is 0.668. The summed E-state index contributed by atoms with van der Waals surface area (Å²) in [5.74, 6) is -0.0765. The van der Waals surface area contributed by atoms with Crippen LogP contribution in [0.4, 0.5) is 0 Å². The van der Waals surface area contributed by atoms with Gasteiger partial charge in [0.05, 0.1) is 0 Å². The molecule has 0 spiro atoms. The number of hydrogen-bond donors (Lipinski definition) is 1. The van der Waals surface area contributed by atoms with Crippen LogP contribution in [0.2, 0.25) is 0 Å². The number of carbonyl (C=O) groups is 1. The Hall–Kier alpha value is -1.58. The first-order valence-corrected chi connectivity index (χ1v) is 3.61. The van der Waals surface area contributed by atoms with Crippen LogP contribution in [0.25, 0.3) is 0 Å². The van der Waals surface area contributed by atoms with Gasteiger partial charge in [0.1, 0.15) is 5.69 Å². The van der Waals surface area contributed by atoms with Crippen LogP contribution < -0.4 is 0 Å². The van der Waals surface area contributed by atoms with E-state index in [9.17, 15) is 4.79 Å². The molecule has 4 heteroatoms. The third-order valence-electron chi connectivity index (χ3n) is 1.48. The number of likely N-dealkylation sites (N-methyl/N-ethyl adjacent to an activating group) is 1. The van der Waals surface area contributed by atoms with Gasteiger partial charge in [-0.05, 0) is 6.07 Å². The zero-order valence-electron chi connectivity index (χ0n) is 6.95. The van der Waals surface area contributed by atoms with E-state index in [0.29, 0.717) is 12.2 Å². The Morgan fingerprint density at radius 2 is 2.67 bits per heavy atom. The van der Waals surface area contributed by atoms with Crippen molar-refractivity contribution in [1.29, 1.82) is 0 Å². The Morgan fingerprint density at radius 1 is 1.92 bits per heavy atom. The third kappa shape index (κ3) is 1.72. The Bertz CT molecular complexity index is 266. The lowest BCUT2D eigenvalue weighted by molar-refractivity contribution is 0.0804. The van der Waals surface area contributed by atoms with E-state index in [-0.39, 0.29) is 5.91 Å². The summed E-state index contributed by atoms with van der Waals surface area (Å²) in [7, 11) is 1.71. The first-order chi connectivity index (χ1) is 5.75. The number of amides is 1. The second-order valence-electron chi connectivity index (χ2n) is 2.44. The molecule has 64 valence electrons. The molecule has 1 aromatic rings. The number of aromatic amines is 1. The quantitative estimate of drug-likeness (QED) is 0.669. The van der Waals surface area contributed by atoms with Gasteiger partial charge < -0.3 is 4.90 Å². The molecule has 1 rings (SSSR count). The summed E-state index contributed by atoms with van der Waals surface area (Å²) in [6.45, 7) is 4.08. The van der Waals surface area contributed by atoms with Crippen molar-refractivity contribution in [3.8, 4) is 0 Å². The van der Waals surface area contributed by atoms with Crippen molar-refractivity contribution in [2.24, 2.45) is 0 Å². The Kier molecular flexibility index (Phi) is 2.63. The van der Waals surface area contributed by atoms with Gasteiger partial charge in [0.2, 0.25) is 0 Å². The van der Waals surface area contributed by atoms with Gasteiger partial charge in [0, 0.05) is 19.8 Å². The van der Waals surface area contributed by atoms with E-state index in [2.05, 4.69) is 16.8 Å². The molecule has 0 radical (unpaired) electrons. The molecule has 0 atom stereocenters. The molecule has 1 aromatic heterocycles. The first kappa shape index (κ1) is 8.52. The highest BCUT2D eigenvalue weighted by atomic mass is 16.2. The van der Waals surface area contributed by atoms with Crippen LogP contribution in [-0.2, 0) is 0 Å². The lowest BCUT2D eigenvalue weighted by Gasteiger charge is -2.12. The van der Waals surface area contributed by atoms with Gasteiger partial charge in [-0.2, -0.15) is 5.10 Å². The Morgan fingerprint density at radius 3 is 3.17 bits per heavy atom. The minimum Gasteiger partial charge on any atom is -0.337 e. The number of H-pyrrole nitrogens is 1. The average Bonchev–Trinajstić information content (AvgIpc) is 2.55. The highest BCUT2D eigenvalue weighted by Crippen LogP contribution is 1.97. The minimum atomic E-state index is -0.0765. The molecular weight excluding hydrogens is 154 g/mol. The molecule has 0 aliphatic carbocycles. The third-order valence-corrected chi connectivity index (χ3v) is 1.48. The average molecular weight is 165 g/mol. The topological polar surface area (TPSA) is 49.0 Å². The van der Waals surface area contributed by atoms with Gasteiger partial charge in [-0.1, -0.05) is 6.08 Å². The number of rotatable bonds is 3. The fraction of sp³-hybridized carbons (Fsp3) is 0.250. The minimum absolute atomic E-state index is 0.0765. The molecule has 0 saturated heterocycles. The number of aromatic nitrogens is 2. The SMILES string of the molecule is C=CCN(C)C(=O)c1ccn[nH]1. The maximum atomic E-state index is 11.4. The summed E-state index contributed by atoms with van der Waals surface area (Å²) in [6.07, 6.45) is 3.23. The molecule has 1 heterocycles. The largest absolute Gasteiger partial charge is 0.337 e. The Labute approximate surface area is 70.9 Å². The molecule has 0 aliphatic rings. The zero-order valence-corrected chi connectivity index (χ0v) is 6.95. The standard InChI is InChI=1S/C8H11N3O/c1-3-6-11(2)8(12)7-4-5-9-10-7/h3-5H,1,6H2,2H3,(H,9,10). The summed E-state index contributed by atoms with van der Waals surface area (Å²) < 4.78 is 0. The molecule has 0 fully saturated rings. The first-order valence-electron chi connectivity index (χ1n) is 3.61. The zero-order chi connectivity index (χ0) is 8.97. The summed E-state index contributed by atoms with van der Waals surface area (Å²) in [4.78, 5) is 13.0. The molecule has 0 aromatic carbocycles. The van der Waals surface area contributed by atoms with Crippen LogP contribution >= 0.6 is 0 Å². The maximum absolute atomic E-state index is 11.4. The van der Waals surface area contributed by atoms with E-state index in [1.54, 1.807) is 30.3 Å². The highest BCUT2D eigenvalue weighted by Gasteiger charge is 2.10. The van der Waals surface area contributed by atoms with E-state index in [1.807, 2.05) is 0 Å². The van der Waals surface area contributed by atoms with Gasteiger partial charge in [0.15, 0.2) is 0 Å². The maximum Gasteiger partial charge on any atom is 0.271 e. The van der Waals surface area contributed by atoms with E-state index < -0.39 is 0 Å². The molecule has 4 nitrogen and oxygen atoms in total. The van der Waals surface area contributed by atoms with Crippen molar-refractivity contribution >= 4 is 5.91 Å². The van der Waals surface area contributed by atoms with Crippen LogP contribution in [0.1, 0.15) is 10.5 Å². The van der Waals surface area contributed by atoms with Gasteiger partial charge in [-0.15, -0.1) is 6.58 Å². The normalized spacial score (nSPS) is 9.42. The summed E-state index contributed by atoms with van der Waals surface area (Å²) in [5, 5.41) is 6.29. The summed E-state index contributed by atoms with van der Waals surface area (Å²) >= 11 is 0. The molecular formula is C8H11N3O. The molecule has 1 N–H and O–H groups in total. The van der Waals surface area contributed by atoms with E-state index in [1.165, 1.54) is 0 Å². The lowest BCUT2D eigenvalue weighted by Crippen LogP contribution is -2.26. The van der Waals surface area contributed by atoms with Crippen LogP contribution in [0.15, 0.2) is 24.9 Å². The second kappa shape index (κ2) is 3.71. The number of nitrogens with zero attached hydrogens (tertiary/aromatic N) is 2. The number of nitrogens with one attached hydrogen (secondary N) is 1. The molecule has 0 unspecified atom stereocenters. The van der Waals surface area contributed by atoms with Crippen molar-refractivity contribution in [2.75, 3.05) is 13.6 Å². The monoisotopic (exact) mass is 165 g/mol. The molecule has 0 aliphatic heterocycles. The van der Waals surface area contributed by atoms with Crippen LogP contribution in [0.3, 0.4) is 0 Å². The van der Waals surface area contributed by atoms with Crippen LogP contribution in [-0.4, -0.2) is 34.6 Å². The van der Waals surface area contributed by atoms with Crippen molar-refractivity contribution in [2.45, 2.75) is 0 Å². The van der Waals surface area contributed by atoms with Crippen molar-refractivity contribution in [3.63, 3.8) is 0 Å². The smallest absolute Gasteiger partial charge is 0.271 e. The molecule has 1 amide bonds. The van der Waals surface area contributed by atoms with Crippen molar-refractivity contribution in [1.82, 2.24) is 15.1 Å². The van der Waals surface area contributed by atoms with Crippen molar-refractivity contribution in [3.05, 3.63) is 30.6 Å². The van der Waals surface area contributed by atoms with E-state index >= 15 is 0 Å². The van der Waals surface area contributed by atoms with E-state index in [0.717, 1.165) is 0 Å². The fourth-order valence-corrected chi connectivity index (χ4v) is 0.857. The molecule has 0 bridgehead atoms. The number of carbonyl (C=O) groups excluding carboxylic acids is 1. The van der Waals surface area contributed by atoms with Gasteiger partial charge in [-0.25, -0.2) is 0 Å². The van der Waals surface area contributed by atoms with Crippen LogP contribution in [0.5, 0.6) is 0 Å². The summed E-state index contributed by atoms with van der Waals surface area (Å²) in [5.41, 5.74) is 0.499. The second-order valence-corrected chi connectivity index (χ2v) is 2.44. The fourth-order valence-electron chi connectivity index (χ4n) is 0.857. The van der Waals surface area contributed by atoms with Gasteiger partial charge in [0.25, 0.3) is 5.91 Å². The van der Waals surface area contributed by atoms with Crippen LogP contribution in [0, 0.1) is 0 Å².